The zero-order chi connectivity index (χ0) is 13.8. The highest BCUT2D eigenvalue weighted by Crippen LogP contribution is 2.35. The van der Waals surface area contributed by atoms with Crippen LogP contribution in [-0.4, -0.2) is 11.3 Å². The summed E-state index contributed by atoms with van der Waals surface area (Å²) in [5, 5.41) is 0.467. The fraction of sp³-hybridized carbons (Fsp3) is 0. The first kappa shape index (κ1) is 12.6. The number of aromatic nitrogens is 1. The summed E-state index contributed by atoms with van der Waals surface area (Å²) in [5.41, 5.74) is 0.932. The predicted molar refractivity (Wildman–Crippen MR) is 79.5 cm³/mol. The summed E-state index contributed by atoms with van der Waals surface area (Å²) >= 11 is 1.35. The van der Waals surface area contributed by atoms with Gasteiger partial charge in [0, 0.05) is 11.8 Å². The molecule has 3 rings (SSSR count). The van der Waals surface area contributed by atoms with Gasteiger partial charge in [-0.1, -0.05) is 30.3 Å². The molecule has 0 spiro atoms. The molecule has 3 nitrogen and oxygen atoms in total. The third-order valence-corrected chi connectivity index (χ3v) is 3.70. The standard InChI is InChI=1S/C16H11NO2S/c18-11-16-17-10-15(20-16)13-8-4-5-9-14(13)19-12-6-2-1-3-7-12/h1-11H. The van der Waals surface area contributed by atoms with Crippen LogP contribution < -0.4 is 4.74 Å². The first-order valence-electron chi connectivity index (χ1n) is 6.10. The van der Waals surface area contributed by atoms with Crippen molar-refractivity contribution in [3.8, 4) is 21.9 Å². The van der Waals surface area contributed by atoms with Crippen LogP contribution in [0.2, 0.25) is 0 Å². The molecule has 0 aliphatic heterocycles. The molecule has 1 heterocycles. The summed E-state index contributed by atoms with van der Waals surface area (Å²) in [6.07, 6.45) is 2.45. The van der Waals surface area contributed by atoms with E-state index >= 15 is 0 Å². The van der Waals surface area contributed by atoms with Crippen molar-refractivity contribution in [1.82, 2.24) is 4.98 Å². The lowest BCUT2D eigenvalue weighted by molar-refractivity contribution is 0.112. The van der Waals surface area contributed by atoms with Gasteiger partial charge in [-0.15, -0.1) is 11.3 Å². The Morgan fingerprint density at radius 3 is 2.50 bits per heavy atom. The van der Waals surface area contributed by atoms with Gasteiger partial charge < -0.3 is 4.74 Å². The van der Waals surface area contributed by atoms with Crippen LogP contribution in [0.4, 0.5) is 0 Å². The Labute approximate surface area is 120 Å². The second kappa shape index (κ2) is 5.67. The normalized spacial score (nSPS) is 10.2. The van der Waals surface area contributed by atoms with Crippen molar-refractivity contribution < 1.29 is 9.53 Å². The van der Waals surface area contributed by atoms with Crippen molar-refractivity contribution in [2.45, 2.75) is 0 Å². The van der Waals surface area contributed by atoms with E-state index in [9.17, 15) is 4.79 Å². The summed E-state index contributed by atoms with van der Waals surface area (Å²) < 4.78 is 5.90. The van der Waals surface area contributed by atoms with E-state index in [4.69, 9.17) is 4.74 Å². The highest BCUT2D eigenvalue weighted by atomic mass is 32.1. The molecule has 98 valence electrons. The second-order valence-corrected chi connectivity index (χ2v) is 5.15. The van der Waals surface area contributed by atoms with Crippen molar-refractivity contribution >= 4 is 17.6 Å². The van der Waals surface area contributed by atoms with Crippen molar-refractivity contribution in [1.29, 1.82) is 0 Å². The van der Waals surface area contributed by atoms with Gasteiger partial charge in [0.15, 0.2) is 11.3 Å². The number of rotatable bonds is 4. The SMILES string of the molecule is O=Cc1ncc(-c2ccccc2Oc2ccccc2)s1. The number of hydrogen-bond acceptors (Lipinski definition) is 4. The summed E-state index contributed by atoms with van der Waals surface area (Å²) in [4.78, 5) is 15.7. The van der Waals surface area contributed by atoms with E-state index in [1.165, 1.54) is 11.3 Å². The van der Waals surface area contributed by atoms with Crippen LogP contribution in [0.1, 0.15) is 9.80 Å². The highest BCUT2D eigenvalue weighted by Gasteiger charge is 2.10. The number of aldehydes is 1. The molecule has 0 atom stereocenters. The molecule has 1 aromatic heterocycles. The Balaban J connectivity index is 1.98. The molecule has 0 N–H and O–H groups in total. The molecule has 0 saturated carbocycles. The molecule has 3 aromatic rings. The number of ether oxygens (including phenoxy) is 1. The molecule has 0 unspecified atom stereocenters. The summed E-state index contributed by atoms with van der Waals surface area (Å²) in [6, 6.07) is 17.3. The van der Waals surface area contributed by atoms with Crippen LogP contribution in [0.25, 0.3) is 10.4 Å². The molecule has 0 aliphatic carbocycles. The Kier molecular flexibility index (Phi) is 3.56. The van der Waals surface area contributed by atoms with Crippen LogP contribution in [0.15, 0.2) is 60.8 Å². The van der Waals surface area contributed by atoms with Crippen LogP contribution in [0, 0.1) is 0 Å². The Bertz CT molecular complexity index is 722. The summed E-state index contributed by atoms with van der Waals surface area (Å²) in [7, 11) is 0. The van der Waals surface area contributed by atoms with Gasteiger partial charge in [-0.05, 0) is 24.3 Å². The molecular weight excluding hydrogens is 270 g/mol. The van der Waals surface area contributed by atoms with Gasteiger partial charge in [-0.3, -0.25) is 4.79 Å². The van der Waals surface area contributed by atoms with Crippen molar-refractivity contribution in [2.75, 3.05) is 0 Å². The maximum absolute atomic E-state index is 10.7. The molecule has 0 aliphatic rings. The predicted octanol–water partition coefficient (Wildman–Crippen LogP) is 4.41. The van der Waals surface area contributed by atoms with E-state index in [-0.39, 0.29) is 0 Å². The van der Waals surface area contributed by atoms with Gasteiger partial charge in [0.05, 0.1) is 4.88 Å². The number of carbonyl (C=O) groups excluding carboxylic acids is 1. The largest absolute Gasteiger partial charge is 0.457 e. The lowest BCUT2D eigenvalue weighted by atomic mass is 10.2. The lowest BCUT2D eigenvalue weighted by Crippen LogP contribution is -1.86. The fourth-order valence-electron chi connectivity index (χ4n) is 1.84. The van der Waals surface area contributed by atoms with Crippen LogP contribution in [0.5, 0.6) is 11.5 Å². The molecule has 0 bridgehead atoms. The zero-order valence-corrected chi connectivity index (χ0v) is 11.3. The van der Waals surface area contributed by atoms with E-state index in [0.717, 1.165) is 28.2 Å². The number of hydrogen-bond donors (Lipinski definition) is 0. The van der Waals surface area contributed by atoms with Gasteiger partial charge in [-0.25, -0.2) is 4.98 Å². The molecule has 2 aromatic carbocycles. The third-order valence-electron chi connectivity index (χ3n) is 2.75. The van der Waals surface area contributed by atoms with E-state index in [1.807, 2.05) is 54.6 Å². The van der Waals surface area contributed by atoms with Crippen LogP contribution >= 0.6 is 11.3 Å². The van der Waals surface area contributed by atoms with Crippen LogP contribution in [0.3, 0.4) is 0 Å². The van der Waals surface area contributed by atoms with E-state index in [2.05, 4.69) is 4.98 Å². The van der Waals surface area contributed by atoms with Crippen molar-refractivity contribution in [2.24, 2.45) is 0 Å². The first-order valence-corrected chi connectivity index (χ1v) is 6.92. The quantitative estimate of drug-likeness (QED) is 0.665. The number of thiazole rings is 1. The van der Waals surface area contributed by atoms with Crippen molar-refractivity contribution in [3.05, 3.63) is 65.8 Å². The minimum Gasteiger partial charge on any atom is -0.457 e. The van der Waals surface area contributed by atoms with Gasteiger partial charge in [-0.2, -0.15) is 0 Å². The minimum atomic E-state index is 0.467. The van der Waals surface area contributed by atoms with E-state index in [0.29, 0.717) is 5.01 Å². The fourth-order valence-corrected chi connectivity index (χ4v) is 2.60. The van der Waals surface area contributed by atoms with Gasteiger partial charge in [0.25, 0.3) is 0 Å². The van der Waals surface area contributed by atoms with E-state index < -0.39 is 0 Å². The van der Waals surface area contributed by atoms with Gasteiger partial charge >= 0.3 is 0 Å². The van der Waals surface area contributed by atoms with Gasteiger partial charge in [0.1, 0.15) is 11.5 Å². The smallest absolute Gasteiger partial charge is 0.178 e. The molecule has 0 radical (unpaired) electrons. The maximum Gasteiger partial charge on any atom is 0.178 e. The minimum absolute atomic E-state index is 0.467. The van der Waals surface area contributed by atoms with E-state index in [1.54, 1.807) is 6.20 Å². The Morgan fingerprint density at radius 2 is 1.75 bits per heavy atom. The molecule has 4 heteroatoms. The molecule has 20 heavy (non-hydrogen) atoms. The zero-order valence-electron chi connectivity index (χ0n) is 10.5. The number of carbonyl (C=O) groups is 1. The monoisotopic (exact) mass is 281 g/mol. The number of benzene rings is 2. The maximum atomic E-state index is 10.7. The second-order valence-electron chi connectivity index (χ2n) is 4.09. The highest BCUT2D eigenvalue weighted by molar-refractivity contribution is 7.16. The van der Waals surface area contributed by atoms with Crippen molar-refractivity contribution in [3.63, 3.8) is 0 Å². The summed E-state index contributed by atoms with van der Waals surface area (Å²) in [5.74, 6) is 1.53. The lowest BCUT2D eigenvalue weighted by Gasteiger charge is -2.09. The topological polar surface area (TPSA) is 39.2 Å². The summed E-state index contributed by atoms with van der Waals surface area (Å²) in [6.45, 7) is 0. The molecule has 0 amide bonds. The third kappa shape index (κ3) is 2.60. The number of nitrogens with zero attached hydrogens (tertiary/aromatic N) is 1. The Morgan fingerprint density at radius 1 is 1.00 bits per heavy atom. The average molecular weight is 281 g/mol. The molecule has 0 fully saturated rings. The molecule has 0 saturated heterocycles. The number of para-hydroxylation sites is 2. The first-order chi connectivity index (χ1) is 9.86. The van der Waals surface area contributed by atoms with Crippen LogP contribution in [-0.2, 0) is 0 Å². The van der Waals surface area contributed by atoms with Gasteiger partial charge in [0.2, 0.25) is 0 Å². The molecular formula is C16H11NO2S. The Hall–Kier alpha value is -2.46. The average Bonchev–Trinajstić information content (AvgIpc) is 2.98.